The summed E-state index contributed by atoms with van der Waals surface area (Å²) in [6.45, 7) is 6.81. The molecule has 4 N–H and O–H groups in total. The molecule has 1 aromatic carbocycles. The number of hydrazine groups is 1. The summed E-state index contributed by atoms with van der Waals surface area (Å²) in [5, 5.41) is 3.36. The Labute approximate surface area is 156 Å². The third-order valence-electron chi connectivity index (χ3n) is 3.72. The number of halogens is 1. The molecule has 0 bridgehead atoms. The van der Waals surface area contributed by atoms with Crippen LogP contribution in [0.5, 0.6) is 0 Å². The van der Waals surface area contributed by atoms with Crippen molar-refractivity contribution in [3.05, 3.63) is 28.7 Å². The maximum Gasteiger partial charge on any atom is 0.244 e. The van der Waals surface area contributed by atoms with Gasteiger partial charge in [0.1, 0.15) is 25.3 Å². The molecule has 0 saturated carbocycles. The van der Waals surface area contributed by atoms with Crippen LogP contribution in [0.4, 0.5) is 5.69 Å². The second-order valence-electron chi connectivity index (χ2n) is 6.05. The quantitative estimate of drug-likeness (QED) is 0.433. The molecular weight excluding hydrogens is 392 g/mol. The van der Waals surface area contributed by atoms with E-state index in [-0.39, 0.29) is 18.1 Å². The van der Waals surface area contributed by atoms with Gasteiger partial charge in [0.15, 0.2) is 5.11 Å². The fourth-order valence-electron chi connectivity index (χ4n) is 2.80. The van der Waals surface area contributed by atoms with Gasteiger partial charge in [-0.3, -0.25) is 15.6 Å². The summed E-state index contributed by atoms with van der Waals surface area (Å²) in [4.78, 5) is 13.3. The summed E-state index contributed by atoms with van der Waals surface area (Å²) in [6, 6.07) is 7.63. The number of hydrogen-bond acceptors (Lipinski definition) is 3. The fourth-order valence-corrected chi connectivity index (χ4v) is 3.37. The van der Waals surface area contributed by atoms with Crippen LogP contribution in [0.15, 0.2) is 28.7 Å². The first-order valence-electron chi connectivity index (χ1n) is 8.03. The zero-order valence-electron chi connectivity index (χ0n) is 13.9. The lowest BCUT2D eigenvalue weighted by molar-refractivity contribution is -0.914. The number of carbonyl (C=O) groups is 1. The van der Waals surface area contributed by atoms with Gasteiger partial charge in [0.2, 0.25) is 5.91 Å². The van der Waals surface area contributed by atoms with E-state index >= 15 is 0 Å². The van der Waals surface area contributed by atoms with Gasteiger partial charge in [-0.15, -0.1) is 0 Å². The smallest absolute Gasteiger partial charge is 0.244 e. The number of anilines is 1. The van der Waals surface area contributed by atoms with Crippen LogP contribution in [-0.4, -0.2) is 42.9 Å². The maximum absolute atomic E-state index is 11.9. The zero-order chi connectivity index (χ0) is 17.5. The number of ether oxygens (including phenoxy) is 1. The first-order valence-corrected chi connectivity index (χ1v) is 9.23. The summed E-state index contributed by atoms with van der Waals surface area (Å²) < 4.78 is 6.66. The van der Waals surface area contributed by atoms with E-state index in [0.717, 1.165) is 29.8 Å². The molecule has 1 heterocycles. The second kappa shape index (κ2) is 9.31. The Morgan fingerprint density at radius 1 is 1.33 bits per heavy atom. The monoisotopic (exact) mass is 415 g/mol. The van der Waals surface area contributed by atoms with Gasteiger partial charge in [0.05, 0.1) is 13.0 Å². The molecule has 0 spiro atoms. The highest BCUT2D eigenvalue weighted by atomic mass is 79.9. The predicted molar refractivity (Wildman–Crippen MR) is 102 cm³/mol. The van der Waals surface area contributed by atoms with Crippen molar-refractivity contribution in [3.8, 4) is 0 Å². The maximum atomic E-state index is 11.9. The standard InChI is InChI=1S/C16H23BrN4O2S/c1-11-9-21(10-12(2)23-11)7-6-15(22)19-20-16(24)18-14-5-3-4-13(17)8-14/h3-5,8,11-12H,6-7,9-10H2,1-2H3,(H,19,22)(H2,18,20,24)/p+1/t11-,12-/m0/s1. The van der Waals surface area contributed by atoms with Crippen molar-refractivity contribution in [2.24, 2.45) is 0 Å². The third kappa shape index (κ3) is 6.72. The van der Waals surface area contributed by atoms with Crippen molar-refractivity contribution in [2.75, 3.05) is 25.0 Å². The lowest BCUT2D eigenvalue weighted by Gasteiger charge is -2.32. The summed E-state index contributed by atoms with van der Waals surface area (Å²) in [7, 11) is 0. The second-order valence-corrected chi connectivity index (χ2v) is 7.38. The summed E-state index contributed by atoms with van der Waals surface area (Å²) >= 11 is 8.56. The number of quaternary nitrogens is 1. The molecule has 8 heteroatoms. The van der Waals surface area contributed by atoms with Crippen molar-refractivity contribution in [2.45, 2.75) is 32.5 Å². The van der Waals surface area contributed by atoms with Gasteiger partial charge < -0.3 is 15.0 Å². The summed E-state index contributed by atoms with van der Waals surface area (Å²) in [5.41, 5.74) is 6.20. The molecule has 0 radical (unpaired) electrons. The van der Waals surface area contributed by atoms with E-state index in [4.69, 9.17) is 17.0 Å². The molecule has 0 aromatic heterocycles. The van der Waals surface area contributed by atoms with Crippen LogP contribution >= 0.6 is 28.1 Å². The highest BCUT2D eigenvalue weighted by Crippen LogP contribution is 2.15. The molecule has 2 atom stereocenters. The third-order valence-corrected chi connectivity index (χ3v) is 4.42. The van der Waals surface area contributed by atoms with Crippen LogP contribution in [-0.2, 0) is 9.53 Å². The molecule has 132 valence electrons. The lowest BCUT2D eigenvalue weighted by Crippen LogP contribution is -3.15. The number of morpholine rings is 1. The van der Waals surface area contributed by atoms with Crippen LogP contribution in [0, 0.1) is 0 Å². The number of benzene rings is 1. The molecule has 0 aliphatic carbocycles. The number of hydrogen-bond donors (Lipinski definition) is 4. The molecule has 0 unspecified atom stereocenters. The van der Waals surface area contributed by atoms with Crippen LogP contribution < -0.4 is 21.1 Å². The molecule has 1 aromatic rings. The number of rotatable bonds is 4. The average Bonchev–Trinajstić information content (AvgIpc) is 2.50. The van der Waals surface area contributed by atoms with Gasteiger partial charge in [0.25, 0.3) is 0 Å². The Hall–Kier alpha value is -1.22. The van der Waals surface area contributed by atoms with E-state index in [1.807, 2.05) is 24.3 Å². The molecule has 1 saturated heterocycles. The van der Waals surface area contributed by atoms with Gasteiger partial charge in [0, 0.05) is 10.2 Å². The largest absolute Gasteiger partial charge is 0.364 e. The first-order chi connectivity index (χ1) is 11.4. The molecule has 1 amide bonds. The molecule has 24 heavy (non-hydrogen) atoms. The zero-order valence-corrected chi connectivity index (χ0v) is 16.3. The average molecular weight is 416 g/mol. The van der Waals surface area contributed by atoms with Gasteiger partial charge in [-0.1, -0.05) is 22.0 Å². The minimum atomic E-state index is -0.0762. The molecule has 2 rings (SSSR count). The molecular formula is C16H24BrN4O2S+. The molecule has 1 aliphatic rings. The van der Waals surface area contributed by atoms with Crippen molar-refractivity contribution in [3.63, 3.8) is 0 Å². The lowest BCUT2D eigenvalue weighted by atomic mass is 10.2. The number of nitrogens with one attached hydrogen (secondary N) is 4. The fraction of sp³-hybridized carbons (Fsp3) is 0.500. The van der Waals surface area contributed by atoms with Crippen molar-refractivity contribution in [1.29, 1.82) is 0 Å². The van der Waals surface area contributed by atoms with E-state index in [9.17, 15) is 4.79 Å². The Kier molecular flexibility index (Phi) is 7.41. The van der Waals surface area contributed by atoms with E-state index in [1.54, 1.807) is 0 Å². The highest BCUT2D eigenvalue weighted by Gasteiger charge is 2.25. The van der Waals surface area contributed by atoms with Crippen LogP contribution in [0.2, 0.25) is 0 Å². The van der Waals surface area contributed by atoms with E-state index in [1.165, 1.54) is 4.90 Å². The first kappa shape index (κ1) is 19.1. The minimum Gasteiger partial charge on any atom is -0.364 e. The van der Waals surface area contributed by atoms with Crippen LogP contribution in [0.3, 0.4) is 0 Å². The Morgan fingerprint density at radius 3 is 2.71 bits per heavy atom. The Bertz CT molecular complexity index is 577. The van der Waals surface area contributed by atoms with Crippen molar-refractivity contribution >= 4 is 44.9 Å². The van der Waals surface area contributed by atoms with Crippen LogP contribution in [0.25, 0.3) is 0 Å². The van der Waals surface area contributed by atoms with E-state index < -0.39 is 0 Å². The normalized spacial score (nSPS) is 23.4. The van der Waals surface area contributed by atoms with Gasteiger partial charge >= 0.3 is 0 Å². The summed E-state index contributed by atoms with van der Waals surface area (Å²) in [6.07, 6.45) is 0.931. The Balaban J connectivity index is 1.66. The van der Waals surface area contributed by atoms with Gasteiger partial charge in [-0.25, -0.2) is 0 Å². The minimum absolute atomic E-state index is 0.0762. The van der Waals surface area contributed by atoms with Crippen molar-refractivity contribution < 1.29 is 14.4 Å². The summed E-state index contributed by atoms with van der Waals surface area (Å²) in [5.74, 6) is -0.0762. The van der Waals surface area contributed by atoms with E-state index in [2.05, 4.69) is 45.9 Å². The van der Waals surface area contributed by atoms with Gasteiger partial charge in [-0.2, -0.15) is 0 Å². The predicted octanol–water partition coefficient (Wildman–Crippen LogP) is 0.849. The van der Waals surface area contributed by atoms with Crippen molar-refractivity contribution in [1.82, 2.24) is 10.9 Å². The number of carbonyl (C=O) groups excluding carboxylic acids is 1. The highest BCUT2D eigenvalue weighted by molar-refractivity contribution is 9.10. The Morgan fingerprint density at radius 2 is 2.04 bits per heavy atom. The molecule has 1 fully saturated rings. The molecule has 1 aliphatic heterocycles. The number of thiocarbonyl (C=S) groups is 1. The molecule has 6 nitrogen and oxygen atoms in total. The number of amides is 1. The SMILES string of the molecule is C[C@H]1C[NH+](CCC(=O)NNC(=S)Nc2cccc(Br)c2)C[C@H](C)O1. The van der Waals surface area contributed by atoms with Gasteiger partial charge in [-0.05, 0) is 44.3 Å². The topological polar surface area (TPSA) is 66.8 Å². The van der Waals surface area contributed by atoms with E-state index in [0.29, 0.717) is 11.5 Å². The van der Waals surface area contributed by atoms with Crippen LogP contribution in [0.1, 0.15) is 20.3 Å².